The van der Waals surface area contributed by atoms with Gasteiger partial charge in [-0.15, -0.1) is 0 Å². The summed E-state index contributed by atoms with van der Waals surface area (Å²) in [5.74, 6) is 0.294. The lowest BCUT2D eigenvalue weighted by atomic mass is 10.1. The molecular formula is C23H23ClFN5O. The van der Waals surface area contributed by atoms with Gasteiger partial charge in [0.15, 0.2) is 0 Å². The summed E-state index contributed by atoms with van der Waals surface area (Å²) in [6.45, 7) is 1.69. The number of benzene rings is 2. The van der Waals surface area contributed by atoms with E-state index in [1.54, 1.807) is 11.6 Å². The van der Waals surface area contributed by atoms with Crippen LogP contribution in [-0.2, 0) is 13.6 Å². The van der Waals surface area contributed by atoms with E-state index in [1.807, 2.05) is 28.8 Å². The Kier molecular flexibility index (Phi) is 4.95. The third-order valence-electron chi connectivity index (χ3n) is 6.05. The first-order valence-corrected chi connectivity index (χ1v) is 10.7. The number of nitrogens with two attached hydrogens (primary N) is 1. The minimum atomic E-state index is -0.372. The molecule has 0 saturated carbocycles. The second kappa shape index (κ2) is 7.66. The predicted molar refractivity (Wildman–Crippen MR) is 122 cm³/mol. The Hall–Kier alpha value is -2.90. The van der Waals surface area contributed by atoms with E-state index in [4.69, 9.17) is 22.3 Å². The molecule has 5 rings (SSSR count). The van der Waals surface area contributed by atoms with Crippen molar-refractivity contribution < 1.29 is 4.39 Å². The van der Waals surface area contributed by atoms with Crippen LogP contribution in [0.3, 0.4) is 0 Å². The Balaban J connectivity index is 1.81. The normalized spacial score (nSPS) is 17.0. The van der Waals surface area contributed by atoms with Crippen molar-refractivity contribution in [3.05, 3.63) is 69.2 Å². The minimum Gasteiger partial charge on any atom is -0.341 e. The van der Waals surface area contributed by atoms with Gasteiger partial charge in [-0.05, 0) is 42.7 Å². The summed E-state index contributed by atoms with van der Waals surface area (Å²) in [6.07, 6.45) is 1.90. The van der Waals surface area contributed by atoms with Gasteiger partial charge < -0.3 is 19.8 Å². The van der Waals surface area contributed by atoms with Crippen molar-refractivity contribution in [3.63, 3.8) is 0 Å². The standard InChI is InChI=1S/C23H23ClFN5O/c1-28-19-7-3-2-6-17(19)20-21(22(28)31)30(12-14-11-15(25)8-9-18(14)24)23(27-20)29-10-4-5-16(26)13-29/h2-3,6-9,11,16H,4-5,10,12-13,26H2,1H3. The van der Waals surface area contributed by atoms with Crippen LogP contribution in [0.4, 0.5) is 10.3 Å². The molecule has 160 valence electrons. The van der Waals surface area contributed by atoms with Gasteiger partial charge in [-0.2, -0.15) is 0 Å². The number of anilines is 1. The Morgan fingerprint density at radius 2 is 2.06 bits per heavy atom. The molecule has 31 heavy (non-hydrogen) atoms. The molecule has 2 aromatic heterocycles. The van der Waals surface area contributed by atoms with Gasteiger partial charge in [0.1, 0.15) is 16.9 Å². The number of hydrogen-bond acceptors (Lipinski definition) is 4. The van der Waals surface area contributed by atoms with Gasteiger partial charge >= 0.3 is 0 Å². The third kappa shape index (κ3) is 3.38. The zero-order valence-electron chi connectivity index (χ0n) is 17.2. The smallest absolute Gasteiger partial charge is 0.277 e. The second-order valence-electron chi connectivity index (χ2n) is 8.16. The van der Waals surface area contributed by atoms with E-state index in [0.717, 1.165) is 30.3 Å². The maximum Gasteiger partial charge on any atom is 0.277 e. The minimum absolute atomic E-state index is 0.0411. The first-order valence-electron chi connectivity index (χ1n) is 10.4. The molecule has 0 spiro atoms. The molecule has 0 amide bonds. The predicted octanol–water partition coefficient (Wildman–Crippen LogP) is 3.66. The molecule has 2 N–H and O–H groups in total. The highest BCUT2D eigenvalue weighted by Gasteiger charge is 2.26. The fraction of sp³-hybridized carbons (Fsp3) is 0.304. The molecule has 1 fully saturated rings. The van der Waals surface area contributed by atoms with E-state index >= 15 is 0 Å². The fourth-order valence-corrected chi connectivity index (χ4v) is 4.68. The lowest BCUT2D eigenvalue weighted by Gasteiger charge is -2.32. The number of halogens is 2. The van der Waals surface area contributed by atoms with Crippen LogP contribution >= 0.6 is 11.6 Å². The largest absolute Gasteiger partial charge is 0.341 e. The maximum atomic E-state index is 14.0. The fourth-order valence-electron chi connectivity index (χ4n) is 4.50. The number of rotatable bonds is 3. The number of hydrogen-bond donors (Lipinski definition) is 1. The summed E-state index contributed by atoms with van der Waals surface area (Å²) in [5, 5.41) is 1.34. The van der Waals surface area contributed by atoms with Gasteiger partial charge in [-0.3, -0.25) is 4.79 Å². The SMILES string of the molecule is Cn1c(=O)c2c(nc(N3CCCC(N)C3)n2Cc2cc(F)ccc2Cl)c2ccccc21. The van der Waals surface area contributed by atoms with Gasteiger partial charge in [-0.1, -0.05) is 29.8 Å². The number of pyridine rings is 1. The van der Waals surface area contributed by atoms with Gasteiger partial charge in [0.25, 0.3) is 5.56 Å². The molecule has 1 aliphatic heterocycles. The van der Waals surface area contributed by atoms with E-state index in [-0.39, 0.29) is 24.0 Å². The lowest BCUT2D eigenvalue weighted by Crippen LogP contribution is -2.44. The molecular weight excluding hydrogens is 417 g/mol. The van der Waals surface area contributed by atoms with Gasteiger partial charge in [0.2, 0.25) is 5.95 Å². The van der Waals surface area contributed by atoms with Crippen LogP contribution in [-0.4, -0.2) is 33.2 Å². The molecule has 1 atom stereocenters. The zero-order valence-corrected chi connectivity index (χ0v) is 17.9. The van der Waals surface area contributed by atoms with Crippen molar-refractivity contribution in [1.82, 2.24) is 14.1 Å². The summed E-state index contributed by atoms with van der Waals surface area (Å²) in [7, 11) is 1.76. The number of para-hydroxylation sites is 1. The highest BCUT2D eigenvalue weighted by Crippen LogP contribution is 2.30. The molecule has 6 nitrogen and oxygen atoms in total. The van der Waals surface area contributed by atoms with Crippen molar-refractivity contribution in [2.75, 3.05) is 18.0 Å². The Morgan fingerprint density at radius 1 is 1.26 bits per heavy atom. The average molecular weight is 440 g/mol. The molecule has 8 heteroatoms. The lowest BCUT2D eigenvalue weighted by molar-refractivity contribution is 0.495. The molecule has 3 heterocycles. The number of piperidine rings is 1. The topological polar surface area (TPSA) is 69.1 Å². The summed E-state index contributed by atoms with van der Waals surface area (Å²) < 4.78 is 17.5. The molecule has 2 aromatic carbocycles. The Bertz CT molecular complexity index is 1360. The van der Waals surface area contributed by atoms with Crippen molar-refractivity contribution in [1.29, 1.82) is 0 Å². The average Bonchev–Trinajstić information content (AvgIpc) is 3.14. The van der Waals surface area contributed by atoms with Crippen LogP contribution in [0.5, 0.6) is 0 Å². The van der Waals surface area contributed by atoms with Crippen molar-refractivity contribution in [3.8, 4) is 0 Å². The number of aromatic nitrogens is 3. The van der Waals surface area contributed by atoms with Gasteiger partial charge in [0.05, 0.1) is 12.1 Å². The van der Waals surface area contributed by atoms with Crippen LogP contribution < -0.4 is 16.2 Å². The number of aryl methyl sites for hydroxylation is 1. The highest BCUT2D eigenvalue weighted by molar-refractivity contribution is 6.31. The van der Waals surface area contributed by atoms with Crippen LogP contribution in [0.1, 0.15) is 18.4 Å². The molecule has 1 saturated heterocycles. The van der Waals surface area contributed by atoms with Crippen LogP contribution in [0, 0.1) is 5.82 Å². The quantitative estimate of drug-likeness (QED) is 0.529. The first-order chi connectivity index (χ1) is 14.9. The molecule has 0 radical (unpaired) electrons. The maximum absolute atomic E-state index is 14.0. The highest BCUT2D eigenvalue weighted by atomic mass is 35.5. The van der Waals surface area contributed by atoms with Crippen molar-refractivity contribution in [2.24, 2.45) is 12.8 Å². The van der Waals surface area contributed by atoms with Gasteiger partial charge in [0, 0.05) is 36.6 Å². The van der Waals surface area contributed by atoms with Crippen molar-refractivity contribution in [2.45, 2.75) is 25.4 Å². The van der Waals surface area contributed by atoms with E-state index in [2.05, 4.69) is 4.90 Å². The van der Waals surface area contributed by atoms with E-state index in [0.29, 0.717) is 34.1 Å². The summed E-state index contributed by atoms with van der Waals surface area (Å²) in [6, 6.07) is 12.0. The molecule has 1 aliphatic rings. The molecule has 0 bridgehead atoms. The van der Waals surface area contributed by atoms with E-state index in [1.165, 1.54) is 18.2 Å². The zero-order chi connectivity index (χ0) is 21.7. The Morgan fingerprint density at radius 3 is 2.87 bits per heavy atom. The molecule has 4 aromatic rings. The number of imidazole rings is 1. The van der Waals surface area contributed by atoms with Crippen LogP contribution in [0.2, 0.25) is 5.02 Å². The van der Waals surface area contributed by atoms with E-state index in [9.17, 15) is 9.18 Å². The van der Waals surface area contributed by atoms with E-state index < -0.39 is 0 Å². The Labute approximate surface area is 183 Å². The van der Waals surface area contributed by atoms with Crippen LogP contribution in [0.25, 0.3) is 21.9 Å². The van der Waals surface area contributed by atoms with Crippen molar-refractivity contribution >= 4 is 39.5 Å². The second-order valence-corrected chi connectivity index (χ2v) is 8.57. The summed E-state index contributed by atoms with van der Waals surface area (Å²) in [5.41, 5.74) is 8.61. The number of nitrogens with zero attached hydrogens (tertiary/aromatic N) is 4. The van der Waals surface area contributed by atoms with Gasteiger partial charge in [-0.25, -0.2) is 9.37 Å². The third-order valence-corrected chi connectivity index (χ3v) is 6.42. The monoisotopic (exact) mass is 439 g/mol. The number of fused-ring (bicyclic) bond motifs is 3. The summed E-state index contributed by atoms with van der Waals surface area (Å²) >= 11 is 6.37. The van der Waals surface area contributed by atoms with Crippen LogP contribution in [0.15, 0.2) is 47.3 Å². The first kappa shape index (κ1) is 20.0. The summed E-state index contributed by atoms with van der Waals surface area (Å²) in [4.78, 5) is 20.5. The molecule has 0 aliphatic carbocycles. The molecule has 1 unspecified atom stereocenters.